The average Bonchev–Trinajstić information content (AvgIpc) is 2.86. The van der Waals surface area contributed by atoms with E-state index in [0.717, 1.165) is 19.5 Å². The van der Waals surface area contributed by atoms with E-state index in [0.29, 0.717) is 18.0 Å². The van der Waals surface area contributed by atoms with Crippen LogP contribution in [0.5, 0.6) is 5.75 Å². The summed E-state index contributed by atoms with van der Waals surface area (Å²) >= 11 is 0. The fourth-order valence-electron chi connectivity index (χ4n) is 4.50. The lowest BCUT2D eigenvalue weighted by Crippen LogP contribution is -2.25. The van der Waals surface area contributed by atoms with Crippen LogP contribution in [0.2, 0.25) is 0 Å². The topological polar surface area (TPSA) is 40.6 Å². The third-order valence-corrected chi connectivity index (χ3v) is 6.73. The van der Waals surface area contributed by atoms with E-state index < -0.39 is 0 Å². The minimum Gasteiger partial charge on any atom is -0.486 e. The van der Waals surface area contributed by atoms with Gasteiger partial charge in [0.2, 0.25) is 11.1 Å². The molecule has 0 radical (unpaired) electrons. The Labute approximate surface area is 211 Å². The molecule has 0 heterocycles. The van der Waals surface area contributed by atoms with Gasteiger partial charge in [0.15, 0.2) is 4.98 Å². The number of anilines is 1. The Kier molecular flexibility index (Phi) is 19.4. The lowest BCUT2D eigenvalue weighted by atomic mass is 10.1. The van der Waals surface area contributed by atoms with Crippen molar-refractivity contribution in [3.8, 4) is 5.75 Å². The zero-order chi connectivity index (χ0) is 24.7. The molecule has 0 aliphatic rings. The fraction of sp³-hybridized carbons (Fsp3) is 0.800. The molecule has 1 aromatic rings. The summed E-state index contributed by atoms with van der Waals surface area (Å²) in [6.45, 7) is 9.67. The van der Waals surface area contributed by atoms with E-state index in [1.807, 2.05) is 6.07 Å². The van der Waals surface area contributed by atoms with Gasteiger partial charge in [-0.1, -0.05) is 117 Å². The van der Waals surface area contributed by atoms with Crippen LogP contribution in [-0.2, 0) is 0 Å². The smallest absolute Gasteiger partial charge is 0.426 e. The highest BCUT2D eigenvalue weighted by Crippen LogP contribution is 2.33. The van der Waals surface area contributed by atoms with Gasteiger partial charge < -0.3 is 9.64 Å². The van der Waals surface area contributed by atoms with Gasteiger partial charge in [-0.2, -0.15) is 0 Å². The minimum atomic E-state index is 0.536. The molecule has 0 unspecified atom stereocenters. The summed E-state index contributed by atoms with van der Waals surface area (Å²) in [7, 11) is 0. The maximum atomic E-state index is 9.47. The third-order valence-electron chi connectivity index (χ3n) is 6.73. The van der Waals surface area contributed by atoms with E-state index in [-0.39, 0.29) is 0 Å². The van der Waals surface area contributed by atoms with Crippen LogP contribution in [0.4, 0.5) is 11.4 Å². The van der Waals surface area contributed by atoms with Crippen molar-refractivity contribution < 1.29 is 4.74 Å². The normalized spacial score (nSPS) is 10.9. The van der Waals surface area contributed by atoms with Crippen LogP contribution >= 0.6 is 0 Å². The highest BCUT2D eigenvalue weighted by atomic mass is 16.5. The van der Waals surface area contributed by atoms with E-state index in [4.69, 9.17) is 4.74 Å². The lowest BCUT2D eigenvalue weighted by Gasteiger charge is -2.25. The van der Waals surface area contributed by atoms with Crippen LogP contribution in [0.25, 0.3) is 4.98 Å². The minimum absolute atomic E-state index is 0.536. The Balaban J connectivity index is 2.65. The summed E-state index contributed by atoms with van der Waals surface area (Å²) in [6.07, 6.45) is 23.2. The summed E-state index contributed by atoms with van der Waals surface area (Å²) in [5, 5.41) is 9.47. The van der Waals surface area contributed by atoms with Crippen molar-refractivity contribution >= 4 is 11.4 Å². The Morgan fingerprint density at radius 1 is 0.647 bits per heavy atom. The first-order valence-electron chi connectivity index (χ1n) is 14.6. The number of ether oxygens (including phenoxy) is 1. The molecule has 0 fully saturated rings. The Morgan fingerprint density at radius 3 is 1.62 bits per heavy atom. The van der Waals surface area contributed by atoms with Crippen LogP contribution in [0.15, 0.2) is 18.2 Å². The molecule has 4 nitrogen and oxygen atoms in total. The average molecular weight is 473 g/mol. The quantitative estimate of drug-likeness (QED) is 0.117. The number of benzene rings is 1. The zero-order valence-electron chi connectivity index (χ0n) is 22.8. The summed E-state index contributed by atoms with van der Waals surface area (Å²) in [6, 6.07) is 6.10. The highest BCUT2D eigenvalue weighted by Gasteiger charge is 2.18. The number of diazo groups is 1. The predicted molar refractivity (Wildman–Crippen MR) is 149 cm³/mol. The van der Waals surface area contributed by atoms with Gasteiger partial charge in [-0.3, -0.25) is 0 Å². The summed E-state index contributed by atoms with van der Waals surface area (Å²) in [4.78, 5) is 6.00. The number of rotatable bonds is 23. The fourth-order valence-corrected chi connectivity index (χ4v) is 4.50. The maximum absolute atomic E-state index is 9.47. The van der Waals surface area contributed by atoms with Crippen LogP contribution in [0, 0.1) is 5.39 Å². The summed E-state index contributed by atoms with van der Waals surface area (Å²) in [5.41, 5.74) is 1.74. The number of hydrogen-bond acceptors (Lipinski definition) is 3. The van der Waals surface area contributed by atoms with Gasteiger partial charge in [0, 0.05) is 30.9 Å². The molecule has 0 N–H and O–H groups in total. The second kappa shape index (κ2) is 21.8. The van der Waals surface area contributed by atoms with Crippen molar-refractivity contribution in [2.24, 2.45) is 0 Å². The second-order valence-electron chi connectivity index (χ2n) is 9.89. The standard InChI is InChI=1S/C30H54N3O/c1-4-7-10-13-16-19-24-33(25-20-17-14-11-8-5-2)28-22-23-29(32-31)30(27-28)34-26-21-18-15-12-9-6-3/h22-23,27H,4-21,24-26H2,1-3H3/q+1. The number of unbranched alkanes of at least 4 members (excludes halogenated alkanes) is 15. The van der Waals surface area contributed by atoms with Gasteiger partial charge in [-0.25, -0.2) is 0 Å². The van der Waals surface area contributed by atoms with Gasteiger partial charge >= 0.3 is 5.69 Å². The highest BCUT2D eigenvalue weighted by molar-refractivity contribution is 5.65. The first kappa shape index (κ1) is 30.3. The van der Waals surface area contributed by atoms with Crippen LogP contribution in [-0.4, -0.2) is 19.7 Å². The Hall–Kier alpha value is -1.76. The first-order valence-corrected chi connectivity index (χ1v) is 14.6. The molecule has 0 bridgehead atoms. The third kappa shape index (κ3) is 14.5. The molecular formula is C30H54N3O+. The molecule has 0 amide bonds. The monoisotopic (exact) mass is 472 g/mol. The predicted octanol–water partition coefficient (Wildman–Crippen LogP) is 10.4. The Morgan fingerprint density at radius 2 is 1.12 bits per heavy atom. The van der Waals surface area contributed by atoms with E-state index in [1.165, 1.54) is 115 Å². The van der Waals surface area contributed by atoms with Crippen molar-refractivity contribution in [2.75, 3.05) is 24.6 Å². The molecule has 34 heavy (non-hydrogen) atoms. The van der Waals surface area contributed by atoms with Crippen molar-refractivity contribution in [1.29, 1.82) is 5.39 Å². The molecule has 0 atom stereocenters. The van der Waals surface area contributed by atoms with E-state index in [1.54, 1.807) is 0 Å². The van der Waals surface area contributed by atoms with Crippen LogP contribution < -0.4 is 9.64 Å². The van der Waals surface area contributed by atoms with Crippen molar-refractivity contribution in [3.05, 3.63) is 23.2 Å². The first-order chi connectivity index (χ1) is 16.8. The van der Waals surface area contributed by atoms with Gasteiger partial charge in [-0.05, 0) is 25.3 Å². The SMILES string of the molecule is CCCCCCCCOc1cc(N(CCCCCCCC)CCCCCCCC)ccc1[N+]#N. The maximum Gasteiger partial charge on any atom is 0.426 e. The van der Waals surface area contributed by atoms with Crippen molar-refractivity contribution in [3.63, 3.8) is 0 Å². The molecule has 0 aliphatic carbocycles. The van der Waals surface area contributed by atoms with Crippen molar-refractivity contribution in [1.82, 2.24) is 0 Å². The number of nitrogens with zero attached hydrogens (tertiary/aromatic N) is 3. The molecule has 1 rings (SSSR count). The molecule has 1 aromatic carbocycles. The van der Waals surface area contributed by atoms with E-state index in [9.17, 15) is 5.39 Å². The molecule has 4 heteroatoms. The largest absolute Gasteiger partial charge is 0.486 e. The molecular weight excluding hydrogens is 418 g/mol. The van der Waals surface area contributed by atoms with Crippen LogP contribution in [0.1, 0.15) is 136 Å². The lowest BCUT2D eigenvalue weighted by molar-refractivity contribution is 0.306. The molecule has 194 valence electrons. The molecule has 0 aromatic heterocycles. The molecule has 0 saturated heterocycles. The van der Waals surface area contributed by atoms with Gasteiger partial charge in [-0.15, -0.1) is 0 Å². The molecule has 0 saturated carbocycles. The van der Waals surface area contributed by atoms with Crippen molar-refractivity contribution in [2.45, 2.75) is 136 Å². The zero-order valence-corrected chi connectivity index (χ0v) is 22.8. The summed E-state index contributed by atoms with van der Waals surface area (Å²) in [5.74, 6) is 0.712. The van der Waals surface area contributed by atoms with Gasteiger partial charge in [0.05, 0.1) is 6.61 Å². The van der Waals surface area contributed by atoms with E-state index >= 15 is 0 Å². The Bertz CT molecular complexity index is 624. The van der Waals surface area contributed by atoms with Gasteiger partial charge in [0.25, 0.3) is 0 Å². The molecule has 0 spiro atoms. The number of hydrogen-bond donors (Lipinski definition) is 0. The van der Waals surface area contributed by atoms with Gasteiger partial charge in [0.1, 0.15) is 0 Å². The summed E-state index contributed by atoms with van der Waals surface area (Å²) < 4.78 is 6.08. The van der Waals surface area contributed by atoms with Crippen LogP contribution in [0.3, 0.4) is 0 Å². The second-order valence-corrected chi connectivity index (χ2v) is 9.89. The molecule has 0 aliphatic heterocycles. The van der Waals surface area contributed by atoms with E-state index in [2.05, 4.69) is 42.8 Å².